The van der Waals surface area contributed by atoms with Gasteiger partial charge in [-0.05, 0) is 18.4 Å². The van der Waals surface area contributed by atoms with Crippen molar-refractivity contribution in [3.63, 3.8) is 0 Å². The average Bonchev–Trinajstić information content (AvgIpc) is 3.15. The number of benzene rings is 1. The van der Waals surface area contributed by atoms with Crippen molar-refractivity contribution in [3.8, 4) is 0 Å². The summed E-state index contributed by atoms with van der Waals surface area (Å²) in [6.07, 6.45) is 5.34. The Labute approximate surface area is 158 Å². The molecule has 27 heavy (non-hydrogen) atoms. The van der Waals surface area contributed by atoms with Crippen LogP contribution in [-0.2, 0) is 0 Å². The van der Waals surface area contributed by atoms with Crippen LogP contribution in [0.2, 0.25) is 0 Å². The van der Waals surface area contributed by atoms with Crippen LogP contribution in [-0.4, -0.2) is 46.4 Å². The first-order valence-corrected chi connectivity index (χ1v) is 9.42. The van der Waals surface area contributed by atoms with E-state index < -0.39 is 6.04 Å². The second-order valence-electron chi connectivity index (χ2n) is 6.86. The van der Waals surface area contributed by atoms with Crippen molar-refractivity contribution in [1.29, 1.82) is 0 Å². The Morgan fingerprint density at radius 2 is 1.89 bits per heavy atom. The van der Waals surface area contributed by atoms with E-state index in [2.05, 4.69) is 15.7 Å². The minimum Gasteiger partial charge on any atom is -0.394 e. The van der Waals surface area contributed by atoms with E-state index in [-0.39, 0.29) is 35.9 Å². The van der Waals surface area contributed by atoms with Crippen LogP contribution in [0.1, 0.15) is 64.7 Å². The predicted molar refractivity (Wildman–Crippen MR) is 102 cm³/mol. The van der Waals surface area contributed by atoms with E-state index in [1.165, 1.54) is 24.2 Å². The van der Waals surface area contributed by atoms with Crippen molar-refractivity contribution in [1.82, 2.24) is 20.4 Å². The summed E-state index contributed by atoms with van der Waals surface area (Å²) in [6.45, 7) is -0.234. The Balaban J connectivity index is 1.94. The maximum Gasteiger partial charge on any atom is 0.271 e. The number of rotatable bonds is 6. The maximum atomic E-state index is 12.9. The molecule has 7 nitrogen and oxygen atoms in total. The summed E-state index contributed by atoms with van der Waals surface area (Å²) in [5.74, 6) is -0.635. The predicted octanol–water partition coefficient (Wildman–Crippen LogP) is 1.89. The molecule has 3 rings (SSSR count). The lowest BCUT2D eigenvalue weighted by Crippen LogP contribution is -2.37. The number of aliphatic hydroxyl groups excluding tert-OH is 1. The van der Waals surface area contributed by atoms with Gasteiger partial charge in [0.05, 0.1) is 6.61 Å². The highest BCUT2D eigenvalue weighted by Crippen LogP contribution is 2.22. The van der Waals surface area contributed by atoms with Crippen LogP contribution in [0, 0.1) is 0 Å². The molecule has 144 valence electrons. The summed E-state index contributed by atoms with van der Waals surface area (Å²) in [5, 5.41) is 19.9. The number of hydrogen-bond acceptors (Lipinski definition) is 4. The van der Waals surface area contributed by atoms with E-state index in [0.717, 1.165) is 31.2 Å². The van der Waals surface area contributed by atoms with E-state index in [4.69, 9.17) is 0 Å². The zero-order valence-corrected chi connectivity index (χ0v) is 15.5. The second-order valence-corrected chi connectivity index (χ2v) is 6.86. The molecule has 0 saturated heterocycles. The van der Waals surface area contributed by atoms with Crippen molar-refractivity contribution in [2.45, 2.75) is 44.2 Å². The monoisotopic (exact) mass is 370 g/mol. The standard InChI is InChI=1S/C20H26N4O3/c1-21-19(26)16-12-17(20(27)22-15-10-6-3-7-11-15)24(23-16)18(13-25)14-8-4-2-5-9-14/h2,4-5,8-9,12,15,18,25H,3,6-7,10-11,13H2,1H3,(H,21,26)(H,22,27). The first-order chi connectivity index (χ1) is 13.1. The molecular weight excluding hydrogens is 344 g/mol. The lowest BCUT2D eigenvalue weighted by molar-refractivity contribution is 0.0910. The molecule has 1 atom stereocenters. The molecule has 3 N–H and O–H groups in total. The lowest BCUT2D eigenvalue weighted by atomic mass is 9.95. The summed E-state index contributed by atoms with van der Waals surface area (Å²) >= 11 is 0. The molecule has 0 aliphatic heterocycles. The second kappa shape index (κ2) is 8.81. The third kappa shape index (κ3) is 4.36. The number of nitrogens with one attached hydrogen (secondary N) is 2. The first-order valence-electron chi connectivity index (χ1n) is 9.42. The van der Waals surface area contributed by atoms with Crippen LogP contribution in [0.5, 0.6) is 0 Å². The maximum absolute atomic E-state index is 12.9. The van der Waals surface area contributed by atoms with Gasteiger partial charge in [-0.2, -0.15) is 5.10 Å². The zero-order chi connectivity index (χ0) is 19.2. The molecule has 7 heteroatoms. The van der Waals surface area contributed by atoms with E-state index in [1.54, 1.807) is 0 Å². The zero-order valence-electron chi connectivity index (χ0n) is 15.5. The van der Waals surface area contributed by atoms with Crippen molar-refractivity contribution in [3.05, 3.63) is 53.3 Å². The molecular formula is C20H26N4O3. The van der Waals surface area contributed by atoms with Crippen LogP contribution >= 0.6 is 0 Å². The van der Waals surface area contributed by atoms with Crippen molar-refractivity contribution in [2.24, 2.45) is 0 Å². The van der Waals surface area contributed by atoms with E-state index in [1.807, 2.05) is 30.3 Å². The molecule has 1 aliphatic rings. The number of carbonyl (C=O) groups excluding carboxylic acids is 2. The molecule has 1 aromatic carbocycles. The minimum atomic E-state index is -0.545. The largest absolute Gasteiger partial charge is 0.394 e. The number of aromatic nitrogens is 2. The Morgan fingerprint density at radius 3 is 2.52 bits per heavy atom. The fourth-order valence-corrected chi connectivity index (χ4v) is 3.55. The Bertz CT molecular complexity index is 782. The molecule has 1 saturated carbocycles. The number of hydrogen-bond donors (Lipinski definition) is 3. The fraction of sp³-hybridized carbons (Fsp3) is 0.450. The molecule has 2 amide bonds. The van der Waals surface area contributed by atoms with E-state index >= 15 is 0 Å². The summed E-state index contributed by atoms with van der Waals surface area (Å²) in [5.41, 5.74) is 1.25. The molecule has 0 radical (unpaired) electrons. The quantitative estimate of drug-likeness (QED) is 0.723. The lowest BCUT2D eigenvalue weighted by Gasteiger charge is -2.24. The van der Waals surface area contributed by atoms with Gasteiger partial charge >= 0.3 is 0 Å². The Hall–Kier alpha value is -2.67. The molecule has 2 aromatic rings. The van der Waals surface area contributed by atoms with Gasteiger partial charge in [0.15, 0.2) is 5.69 Å². The van der Waals surface area contributed by atoms with Gasteiger partial charge in [0.2, 0.25) is 0 Å². The normalized spacial score (nSPS) is 15.9. The molecule has 1 aromatic heterocycles. The van der Waals surface area contributed by atoms with E-state index in [0.29, 0.717) is 0 Å². The van der Waals surface area contributed by atoms with Gasteiger partial charge in [-0.25, -0.2) is 4.68 Å². The van der Waals surface area contributed by atoms with E-state index in [9.17, 15) is 14.7 Å². The van der Waals surface area contributed by atoms with Crippen molar-refractivity contribution in [2.75, 3.05) is 13.7 Å². The van der Waals surface area contributed by atoms with Gasteiger partial charge in [-0.1, -0.05) is 49.6 Å². The minimum absolute atomic E-state index is 0.141. The van der Waals surface area contributed by atoms with Gasteiger partial charge in [-0.3, -0.25) is 9.59 Å². The number of carbonyl (C=O) groups is 2. The summed E-state index contributed by atoms with van der Waals surface area (Å²) in [4.78, 5) is 25.0. The molecule has 1 unspecified atom stereocenters. The number of aliphatic hydroxyl groups is 1. The SMILES string of the molecule is CNC(=O)c1cc(C(=O)NC2CCCCC2)n(C(CO)c2ccccc2)n1. The third-order valence-corrected chi connectivity index (χ3v) is 5.02. The fourth-order valence-electron chi connectivity index (χ4n) is 3.55. The van der Waals surface area contributed by atoms with Crippen LogP contribution in [0.3, 0.4) is 0 Å². The van der Waals surface area contributed by atoms with Crippen LogP contribution in [0.4, 0.5) is 0 Å². The first kappa shape index (κ1) is 19.1. The van der Waals surface area contributed by atoms with Crippen LogP contribution in [0.25, 0.3) is 0 Å². The van der Waals surface area contributed by atoms with Gasteiger partial charge in [0.1, 0.15) is 11.7 Å². The molecule has 1 heterocycles. The van der Waals surface area contributed by atoms with Gasteiger partial charge in [-0.15, -0.1) is 0 Å². The third-order valence-electron chi connectivity index (χ3n) is 5.02. The Kier molecular flexibility index (Phi) is 6.24. The average molecular weight is 370 g/mol. The number of amides is 2. The van der Waals surface area contributed by atoms with Gasteiger partial charge < -0.3 is 15.7 Å². The van der Waals surface area contributed by atoms with Gasteiger partial charge in [0, 0.05) is 19.2 Å². The highest BCUT2D eigenvalue weighted by molar-refractivity contribution is 5.98. The number of nitrogens with zero attached hydrogens (tertiary/aromatic N) is 2. The summed E-state index contributed by atoms with van der Waals surface area (Å²) < 4.78 is 1.46. The topological polar surface area (TPSA) is 96.2 Å². The highest BCUT2D eigenvalue weighted by Gasteiger charge is 2.26. The summed E-state index contributed by atoms with van der Waals surface area (Å²) in [6, 6.07) is 10.4. The molecule has 0 spiro atoms. The molecule has 1 fully saturated rings. The highest BCUT2D eigenvalue weighted by atomic mass is 16.3. The van der Waals surface area contributed by atoms with Crippen LogP contribution < -0.4 is 10.6 Å². The smallest absolute Gasteiger partial charge is 0.271 e. The summed E-state index contributed by atoms with van der Waals surface area (Å²) in [7, 11) is 1.52. The van der Waals surface area contributed by atoms with Crippen molar-refractivity contribution >= 4 is 11.8 Å². The van der Waals surface area contributed by atoms with Crippen molar-refractivity contribution < 1.29 is 14.7 Å². The molecule has 1 aliphatic carbocycles. The Morgan fingerprint density at radius 1 is 1.19 bits per heavy atom. The van der Waals surface area contributed by atoms with Crippen LogP contribution in [0.15, 0.2) is 36.4 Å². The van der Waals surface area contributed by atoms with Gasteiger partial charge in [0.25, 0.3) is 11.8 Å². The molecule has 0 bridgehead atoms.